The minimum atomic E-state index is -0.0943. The third kappa shape index (κ3) is 7.38. The number of hydrogen-bond acceptors (Lipinski definition) is 6. The van der Waals surface area contributed by atoms with Gasteiger partial charge in [-0.2, -0.15) is 0 Å². The van der Waals surface area contributed by atoms with E-state index in [0.29, 0.717) is 13.2 Å². The van der Waals surface area contributed by atoms with Crippen LogP contribution in [0, 0.1) is 0 Å². The number of hydrogen-bond donors (Lipinski definition) is 1. The van der Waals surface area contributed by atoms with Gasteiger partial charge in [0.15, 0.2) is 0 Å². The number of ether oxygens (including phenoxy) is 2. The third-order valence-corrected chi connectivity index (χ3v) is 5.40. The van der Waals surface area contributed by atoms with Crippen LogP contribution >= 0.6 is 11.3 Å². The van der Waals surface area contributed by atoms with Crippen LogP contribution < -0.4 is 14.8 Å². The van der Waals surface area contributed by atoms with Crippen molar-refractivity contribution >= 4 is 22.9 Å². The van der Waals surface area contributed by atoms with Crippen LogP contribution in [0.5, 0.6) is 11.5 Å². The SMILES string of the molecule is CCOc1ccc(-c2nc(CC(=O)Nc3ccc(OCCCN(C)C)cc3)cs2)cc1. The summed E-state index contributed by atoms with van der Waals surface area (Å²) in [6, 6.07) is 15.3. The van der Waals surface area contributed by atoms with E-state index in [2.05, 4.69) is 15.2 Å². The second-order valence-corrected chi connectivity index (χ2v) is 8.21. The van der Waals surface area contributed by atoms with Crippen molar-refractivity contribution in [3.8, 4) is 22.1 Å². The molecule has 0 spiro atoms. The van der Waals surface area contributed by atoms with Gasteiger partial charge < -0.3 is 19.7 Å². The highest BCUT2D eigenvalue weighted by Gasteiger charge is 2.10. The molecule has 0 saturated carbocycles. The van der Waals surface area contributed by atoms with Crippen molar-refractivity contribution in [3.05, 3.63) is 59.6 Å². The average molecular weight is 440 g/mol. The maximum atomic E-state index is 12.4. The summed E-state index contributed by atoms with van der Waals surface area (Å²) in [5.74, 6) is 1.55. The number of nitrogens with one attached hydrogen (secondary N) is 1. The van der Waals surface area contributed by atoms with Crippen LogP contribution in [-0.4, -0.2) is 49.6 Å². The molecule has 0 bridgehead atoms. The first kappa shape index (κ1) is 22.8. The molecule has 0 radical (unpaired) electrons. The fourth-order valence-corrected chi connectivity index (χ4v) is 3.78. The van der Waals surface area contributed by atoms with Crippen LogP contribution in [0.3, 0.4) is 0 Å². The van der Waals surface area contributed by atoms with E-state index in [1.807, 2.05) is 74.9 Å². The van der Waals surface area contributed by atoms with Gasteiger partial charge in [-0.05, 0) is 76.0 Å². The summed E-state index contributed by atoms with van der Waals surface area (Å²) in [5.41, 5.74) is 2.51. The standard InChI is InChI=1S/C24H29N3O3S/c1-4-29-21-10-6-18(7-11-21)24-26-20(17-31-24)16-23(28)25-19-8-12-22(13-9-19)30-15-5-14-27(2)3/h6-13,17H,4-5,14-16H2,1-3H3,(H,25,28). The van der Waals surface area contributed by atoms with Crippen molar-refractivity contribution in [1.82, 2.24) is 9.88 Å². The Morgan fingerprint density at radius 3 is 2.39 bits per heavy atom. The van der Waals surface area contributed by atoms with Crippen LogP contribution in [0.4, 0.5) is 5.69 Å². The number of carbonyl (C=O) groups excluding carboxylic acids is 1. The molecule has 0 aliphatic rings. The lowest BCUT2D eigenvalue weighted by Crippen LogP contribution is -2.15. The second-order valence-electron chi connectivity index (χ2n) is 7.36. The summed E-state index contributed by atoms with van der Waals surface area (Å²) in [6.45, 7) is 4.26. The highest BCUT2D eigenvalue weighted by atomic mass is 32.1. The van der Waals surface area contributed by atoms with Crippen LogP contribution in [-0.2, 0) is 11.2 Å². The minimum absolute atomic E-state index is 0.0943. The Bertz CT molecular complexity index is 953. The van der Waals surface area contributed by atoms with Crippen LogP contribution in [0.1, 0.15) is 19.0 Å². The van der Waals surface area contributed by atoms with Gasteiger partial charge >= 0.3 is 0 Å². The van der Waals surface area contributed by atoms with Crippen molar-refractivity contribution in [3.63, 3.8) is 0 Å². The monoisotopic (exact) mass is 439 g/mol. The van der Waals surface area contributed by atoms with Crippen molar-refractivity contribution < 1.29 is 14.3 Å². The van der Waals surface area contributed by atoms with Gasteiger partial charge in [-0.25, -0.2) is 4.98 Å². The Morgan fingerprint density at radius 2 is 1.71 bits per heavy atom. The molecule has 0 atom stereocenters. The number of benzene rings is 2. The Morgan fingerprint density at radius 1 is 1.03 bits per heavy atom. The summed E-state index contributed by atoms with van der Waals surface area (Å²) >= 11 is 1.53. The van der Waals surface area contributed by atoms with E-state index in [4.69, 9.17) is 9.47 Å². The van der Waals surface area contributed by atoms with Gasteiger partial charge in [0.25, 0.3) is 0 Å². The molecule has 1 N–H and O–H groups in total. The summed E-state index contributed by atoms with van der Waals surface area (Å²) in [7, 11) is 4.09. The fraction of sp³-hybridized carbons (Fsp3) is 0.333. The maximum Gasteiger partial charge on any atom is 0.230 e. The lowest BCUT2D eigenvalue weighted by molar-refractivity contribution is -0.115. The zero-order valence-electron chi connectivity index (χ0n) is 18.3. The van der Waals surface area contributed by atoms with E-state index < -0.39 is 0 Å². The van der Waals surface area contributed by atoms with Gasteiger partial charge in [-0.3, -0.25) is 4.79 Å². The number of anilines is 1. The van der Waals surface area contributed by atoms with Crippen LogP contribution in [0.15, 0.2) is 53.9 Å². The first-order valence-electron chi connectivity index (χ1n) is 10.4. The Balaban J connectivity index is 1.48. The fourth-order valence-electron chi connectivity index (χ4n) is 2.96. The van der Waals surface area contributed by atoms with Crippen molar-refractivity contribution in [2.24, 2.45) is 0 Å². The van der Waals surface area contributed by atoms with E-state index in [1.54, 1.807) is 0 Å². The average Bonchev–Trinajstić information content (AvgIpc) is 3.21. The normalized spacial score (nSPS) is 10.8. The number of nitrogens with zero attached hydrogens (tertiary/aromatic N) is 2. The number of aromatic nitrogens is 1. The van der Waals surface area contributed by atoms with Crippen LogP contribution in [0.2, 0.25) is 0 Å². The van der Waals surface area contributed by atoms with Crippen molar-refractivity contribution in [2.45, 2.75) is 19.8 Å². The summed E-state index contributed by atoms with van der Waals surface area (Å²) in [6.07, 6.45) is 1.20. The lowest BCUT2D eigenvalue weighted by atomic mass is 10.2. The second kappa shape index (κ2) is 11.5. The quantitative estimate of drug-likeness (QED) is 0.438. The van der Waals surface area contributed by atoms with Gasteiger partial charge in [0.1, 0.15) is 16.5 Å². The van der Waals surface area contributed by atoms with E-state index in [1.165, 1.54) is 11.3 Å². The molecule has 0 saturated heterocycles. The zero-order chi connectivity index (χ0) is 22.1. The molecule has 6 nitrogen and oxygen atoms in total. The predicted octanol–water partition coefficient (Wildman–Crippen LogP) is 4.72. The predicted molar refractivity (Wildman–Crippen MR) is 126 cm³/mol. The Kier molecular flexibility index (Phi) is 8.44. The number of carbonyl (C=O) groups is 1. The molecule has 0 aliphatic carbocycles. The number of amides is 1. The third-order valence-electron chi connectivity index (χ3n) is 4.46. The Hall–Kier alpha value is -2.90. The van der Waals surface area contributed by atoms with Crippen molar-refractivity contribution in [2.75, 3.05) is 39.2 Å². The van der Waals surface area contributed by atoms with E-state index in [9.17, 15) is 4.79 Å². The maximum absolute atomic E-state index is 12.4. The first-order valence-corrected chi connectivity index (χ1v) is 11.3. The van der Waals surface area contributed by atoms with Crippen molar-refractivity contribution in [1.29, 1.82) is 0 Å². The van der Waals surface area contributed by atoms with Gasteiger partial charge in [-0.15, -0.1) is 11.3 Å². The topological polar surface area (TPSA) is 63.7 Å². The number of rotatable bonds is 11. The molecular weight excluding hydrogens is 410 g/mol. The molecule has 0 aliphatic heterocycles. The van der Waals surface area contributed by atoms with Gasteiger partial charge in [0.05, 0.1) is 25.3 Å². The van der Waals surface area contributed by atoms with Crippen LogP contribution in [0.25, 0.3) is 10.6 Å². The molecule has 0 unspecified atom stereocenters. The zero-order valence-corrected chi connectivity index (χ0v) is 19.1. The molecule has 3 aromatic rings. The lowest BCUT2D eigenvalue weighted by Gasteiger charge is -2.11. The van der Waals surface area contributed by atoms with Gasteiger partial charge in [-0.1, -0.05) is 0 Å². The molecule has 1 amide bonds. The molecule has 7 heteroatoms. The summed E-state index contributed by atoms with van der Waals surface area (Å²) in [5, 5.41) is 5.73. The van der Waals surface area contributed by atoms with Gasteiger partial charge in [0, 0.05) is 23.2 Å². The van der Waals surface area contributed by atoms with E-state index in [0.717, 1.165) is 46.4 Å². The summed E-state index contributed by atoms with van der Waals surface area (Å²) < 4.78 is 11.2. The first-order chi connectivity index (χ1) is 15.0. The highest BCUT2D eigenvalue weighted by Crippen LogP contribution is 2.26. The molecule has 0 fully saturated rings. The van der Waals surface area contributed by atoms with E-state index in [-0.39, 0.29) is 12.3 Å². The molecule has 1 aromatic heterocycles. The molecule has 1 heterocycles. The minimum Gasteiger partial charge on any atom is -0.494 e. The number of thiazole rings is 1. The summed E-state index contributed by atoms with van der Waals surface area (Å²) in [4.78, 5) is 19.1. The largest absolute Gasteiger partial charge is 0.494 e. The molecule has 3 rings (SSSR count). The molecular formula is C24H29N3O3S. The smallest absolute Gasteiger partial charge is 0.230 e. The van der Waals surface area contributed by atoms with E-state index >= 15 is 0 Å². The molecule has 31 heavy (non-hydrogen) atoms. The molecule has 164 valence electrons. The van der Waals surface area contributed by atoms with Gasteiger partial charge in [0.2, 0.25) is 5.91 Å². The molecule has 2 aromatic carbocycles. The highest BCUT2D eigenvalue weighted by molar-refractivity contribution is 7.13. The Labute approximate surface area is 187 Å².